The summed E-state index contributed by atoms with van der Waals surface area (Å²) in [5.74, 6) is 0.482. The second-order valence-electron chi connectivity index (χ2n) is 4.77. The van der Waals surface area contributed by atoms with Gasteiger partial charge >= 0.3 is 0 Å². The van der Waals surface area contributed by atoms with Crippen LogP contribution in [0, 0.1) is 0 Å². The van der Waals surface area contributed by atoms with Crippen molar-refractivity contribution in [3.05, 3.63) is 47.9 Å². The normalized spacial score (nSPS) is 13.8. The third-order valence-electron chi connectivity index (χ3n) is 3.01. The highest BCUT2D eigenvalue weighted by Gasteiger charge is 2.24. The smallest absolute Gasteiger partial charge is 0.272 e. The van der Waals surface area contributed by atoms with Gasteiger partial charge in [0.2, 0.25) is 0 Å². The Balaban J connectivity index is 1.56. The van der Waals surface area contributed by atoms with Crippen molar-refractivity contribution in [3.63, 3.8) is 0 Å². The first kappa shape index (κ1) is 12.5. The molecule has 0 bridgehead atoms. The van der Waals surface area contributed by atoms with Crippen molar-refractivity contribution in [2.75, 3.05) is 5.32 Å². The largest absolute Gasteiger partial charge is 0.364 e. The van der Waals surface area contributed by atoms with Crippen molar-refractivity contribution in [2.24, 2.45) is 0 Å². The Hall–Kier alpha value is -2.50. The number of amides is 1. The SMILES string of the molecule is O=C(NC1CC1)c1ccc(NCc2cccnc2)nn1. The molecule has 0 atom stereocenters. The molecule has 0 radical (unpaired) electrons. The van der Waals surface area contributed by atoms with Gasteiger partial charge in [0.15, 0.2) is 5.69 Å². The second kappa shape index (κ2) is 5.64. The van der Waals surface area contributed by atoms with E-state index in [1.54, 1.807) is 24.5 Å². The monoisotopic (exact) mass is 269 g/mol. The summed E-state index contributed by atoms with van der Waals surface area (Å²) in [6.45, 7) is 0.621. The van der Waals surface area contributed by atoms with Crippen molar-refractivity contribution < 1.29 is 4.79 Å². The molecule has 20 heavy (non-hydrogen) atoms. The van der Waals surface area contributed by atoms with E-state index >= 15 is 0 Å². The molecule has 1 aliphatic carbocycles. The van der Waals surface area contributed by atoms with Gasteiger partial charge in [-0.05, 0) is 36.6 Å². The van der Waals surface area contributed by atoms with Crippen LogP contribution in [0.4, 0.5) is 5.82 Å². The second-order valence-corrected chi connectivity index (χ2v) is 4.77. The van der Waals surface area contributed by atoms with Gasteiger partial charge in [-0.2, -0.15) is 0 Å². The zero-order chi connectivity index (χ0) is 13.8. The lowest BCUT2D eigenvalue weighted by Crippen LogP contribution is -2.26. The Bertz CT molecular complexity index is 580. The maximum atomic E-state index is 11.7. The fraction of sp³-hybridized carbons (Fsp3) is 0.286. The van der Waals surface area contributed by atoms with Gasteiger partial charge in [0.1, 0.15) is 5.82 Å². The lowest BCUT2D eigenvalue weighted by molar-refractivity contribution is 0.0945. The lowest BCUT2D eigenvalue weighted by Gasteiger charge is -2.05. The number of hydrogen-bond acceptors (Lipinski definition) is 5. The molecular weight excluding hydrogens is 254 g/mol. The molecule has 1 amide bonds. The number of nitrogens with one attached hydrogen (secondary N) is 2. The molecule has 6 nitrogen and oxygen atoms in total. The molecule has 6 heteroatoms. The molecule has 1 fully saturated rings. The number of nitrogens with zero attached hydrogens (tertiary/aromatic N) is 3. The van der Waals surface area contributed by atoms with E-state index in [4.69, 9.17) is 0 Å². The van der Waals surface area contributed by atoms with Crippen LogP contribution in [0.25, 0.3) is 0 Å². The summed E-state index contributed by atoms with van der Waals surface area (Å²) in [4.78, 5) is 15.8. The molecule has 0 aromatic carbocycles. The van der Waals surface area contributed by atoms with E-state index < -0.39 is 0 Å². The highest BCUT2D eigenvalue weighted by atomic mass is 16.2. The Morgan fingerprint density at radius 2 is 2.15 bits per heavy atom. The maximum absolute atomic E-state index is 11.7. The molecule has 0 unspecified atom stereocenters. The zero-order valence-electron chi connectivity index (χ0n) is 10.9. The number of anilines is 1. The summed E-state index contributed by atoms with van der Waals surface area (Å²) in [5, 5.41) is 13.9. The molecule has 2 aromatic rings. The van der Waals surface area contributed by atoms with E-state index in [1.807, 2.05) is 12.1 Å². The molecule has 0 spiro atoms. The zero-order valence-corrected chi connectivity index (χ0v) is 10.9. The quantitative estimate of drug-likeness (QED) is 0.857. The van der Waals surface area contributed by atoms with Gasteiger partial charge < -0.3 is 10.6 Å². The Morgan fingerprint density at radius 1 is 1.25 bits per heavy atom. The number of pyridine rings is 1. The summed E-state index contributed by atoms with van der Waals surface area (Å²) in [6.07, 6.45) is 5.64. The molecule has 0 aliphatic heterocycles. The highest BCUT2D eigenvalue weighted by Crippen LogP contribution is 2.19. The molecule has 0 saturated heterocycles. The highest BCUT2D eigenvalue weighted by molar-refractivity contribution is 5.92. The molecule has 1 aliphatic rings. The van der Waals surface area contributed by atoms with E-state index in [0.717, 1.165) is 18.4 Å². The minimum absolute atomic E-state index is 0.154. The van der Waals surface area contributed by atoms with Gasteiger partial charge in [0.25, 0.3) is 5.91 Å². The lowest BCUT2D eigenvalue weighted by atomic mass is 10.3. The van der Waals surface area contributed by atoms with Crippen molar-refractivity contribution >= 4 is 11.7 Å². The minimum atomic E-state index is -0.154. The first-order valence-electron chi connectivity index (χ1n) is 6.58. The average molecular weight is 269 g/mol. The van der Waals surface area contributed by atoms with E-state index in [0.29, 0.717) is 24.1 Å². The minimum Gasteiger partial charge on any atom is -0.364 e. The van der Waals surface area contributed by atoms with Crippen LogP contribution in [0.1, 0.15) is 28.9 Å². The average Bonchev–Trinajstić information content (AvgIpc) is 3.31. The molecular formula is C14H15N5O. The summed E-state index contributed by atoms with van der Waals surface area (Å²) in [7, 11) is 0. The van der Waals surface area contributed by atoms with Crippen LogP contribution in [-0.2, 0) is 6.54 Å². The van der Waals surface area contributed by atoms with Crippen molar-refractivity contribution in [3.8, 4) is 0 Å². The predicted molar refractivity (Wildman–Crippen MR) is 74.1 cm³/mol. The number of carbonyl (C=O) groups excluding carboxylic acids is 1. The summed E-state index contributed by atoms with van der Waals surface area (Å²) in [6, 6.07) is 7.62. The first-order chi connectivity index (χ1) is 9.81. The summed E-state index contributed by atoms with van der Waals surface area (Å²) in [5.41, 5.74) is 1.41. The molecule has 102 valence electrons. The van der Waals surface area contributed by atoms with Gasteiger partial charge in [-0.15, -0.1) is 10.2 Å². The van der Waals surface area contributed by atoms with Crippen LogP contribution in [0.2, 0.25) is 0 Å². The van der Waals surface area contributed by atoms with Crippen LogP contribution in [0.5, 0.6) is 0 Å². The maximum Gasteiger partial charge on any atom is 0.272 e. The third-order valence-corrected chi connectivity index (χ3v) is 3.01. The van der Waals surface area contributed by atoms with Crippen molar-refractivity contribution in [2.45, 2.75) is 25.4 Å². The van der Waals surface area contributed by atoms with Crippen LogP contribution < -0.4 is 10.6 Å². The van der Waals surface area contributed by atoms with Gasteiger partial charge in [0, 0.05) is 25.0 Å². The molecule has 2 aromatic heterocycles. The van der Waals surface area contributed by atoms with Gasteiger partial charge in [-0.25, -0.2) is 0 Å². The van der Waals surface area contributed by atoms with Crippen molar-refractivity contribution in [1.82, 2.24) is 20.5 Å². The van der Waals surface area contributed by atoms with Crippen LogP contribution in [-0.4, -0.2) is 27.1 Å². The van der Waals surface area contributed by atoms with Gasteiger partial charge in [-0.3, -0.25) is 9.78 Å². The van der Waals surface area contributed by atoms with E-state index in [1.165, 1.54) is 0 Å². The molecule has 2 N–H and O–H groups in total. The molecule has 3 rings (SSSR count). The Morgan fingerprint density at radius 3 is 2.80 bits per heavy atom. The topological polar surface area (TPSA) is 79.8 Å². The van der Waals surface area contributed by atoms with E-state index in [9.17, 15) is 4.79 Å². The van der Waals surface area contributed by atoms with Crippen LogP contribution in [0.15, 0.2) is 36.7 Å². The van der Waals surface area contributed by atoms with E-state index in [-0.39, 0.29) is 5.91 Å². The third kappa shape index (κ3) is 3.28. The summed E-state index contributed by atoms with van der Waals surface area (Å²) >= 11 is 0. The Labute approximate surface area is 116 Å². The molecule has 2 heterocycles. The first-order valence-corrected chi connectivity index (χ1v) is 6.58. The molecule has 1 saturated carbocycles. The Kier molecular flexibility index (Phi) is 3.54. The number of carbonyl (C=O) groups is 1. The van der Waals surface area contributed by atoms with Crippen LogP contribution >= 0.6 is 0 Å². The summed E-state index contributed by atoms with van der Waals surface area (Å²) < 4.78 is 0. The van der Waals surface area contributed by atoms with Gasteiger partial charge in [0.05, 0.1) is 0 Å². The van der Waals surface area contributed by atoms with Crippen molar-refractivity contribution in [1.29, 1.82) is 0 Å². The predicted octanol–water partition coefficient (Wildman–Crippen LogP) is 1.38. The fourth-order valence-corrected chi connectivity index (χ4v) is 1.73. The van der Waals surface area contributed by atoms with Crippen LogP contribution in [0.3, 0.4) is 0 Å². The standard InChI is InChI=1S/C14H15N5O/c20-14(17-11-3-4-11)12-5-6-13(19-18-12)16-9-10-2-1-7-15-8-10/h1-2,5-8,11H,3-4,9H2,(H,16,19)(H,17,20). The number of hydrogen-bond donors (Lipinski definition) is 2. The van der Waals surface area contributed by atoms with E-state index in [2.05, 4.69) is 25.8 Å². The number of rotatable bonds is 5. The fourth-order valence-electron chi connectivity index (χ4n) is 1.73. The van der Waals surface area contributed by atoms with Gasteiger partial charge in [-0.1, -0.05) is 6.07 Å². The number of aromatic nitrogens is 3.